The Kier molecular flexibility index (Phi) is 4.31. The minimum Gasteiger partial charge on any atom is -0.468 e. The molecule has 0 fully saturated rings. The first-order chi connectivity index (χ1) is 13.6. The molecule has 6 heteroatoms. The fourth-order valence-corrected chi connectivity index (χ4v) is 3.34. The van der Waals surface area contributed by atoms with E-state index in [-0.39, 0.29) is 0 Å². The summed E-state index contributed by atoms with van der Waals surface area (Å²) in [6.07, 6.45) is 0.355. The molecule has 4 rings (SSSR count). The Morgan fingerprint density at radius 2 is 1.79 bits per heavy atom. The van der Waals surface area contributed by atoms with E-state index in [1.54, 1.807) is 36.4 Å². The number of hydrogen-bond acceptors (Lipinski definition) is 5. The predicted molar refractivity (Wildman–Crippen MR) is 102 cm³/mol. The Morgan fingerprint density at radius 3 is 2.50 bits per heavy atom. The van der Waals surface area contributed by atoms with Gasteiger partial charge in [0.15, 0.2) is 0 Å². The molecule has 4 aromatic rings. The molecule has 0 bridgehead atoms. The first-order valence-corrected chi connectivity index (χ1v) is 8.64. The fourth-order valence-electron chi connectivity index (χ4n) is 3.34. The van der Waals surface area contributed by atoms with Gasteiger partial charge in [0.05, 0.1) is 30.4 Å². The minimum atomic E-state index is -0.633. The van der Waals surface area contributed by atoms with Crippen LogP contribution in [0.5, 0.6) is 0 Å². The third-order valence-electron chi connectivity index (χ3n) is 4.72. The molecule has 0 aliphatic carbocycles. The standard InChI is InChI=1S/C22H15N3O3/c1-27-22(26)18(21-9-16-7-14(12-24)3-5-20(16)28-21)10-17-8-15-6-13(11-23)2-4-19(15)25-17/h2-9,18,25H,10H2,1H3. The monoisotopic (exact) mass is 369 g/mol. The smallest absolute Gasteiger partial charge is 0.316 e. The second-order valence-electron chi connectivity index (χ2n) is 6.50. The van der Waals surface area contributed by atoms with E-state index in [9.17, 15) is 4.79 Å². The summed E-state index contributed by atoms with van der Waals surface area (Å²) in [5.74, 6) is -0.560. The molecule has 0 saturated carbocycles. The lowest BCUT2D eigenvalue weighted by molar-refractivity contribution is -0.142. The number of furan rings is 1. The lowest BCUT2D eigenvalue weighted by atomic mass is 10.00. The summed E-state index contributed by atoms with van der Waals surface area (Å²) >= 11 is 0. The number of esters is 1. The quantitative estimate of drug-likeness (QED) is 0.544. The van der Waals surface area contributed by atoms with Crippen molar-refractivity contribution in [2.75, 3.05) is 7.11 Å². The summed E-state index contributed by atoms with van der Waals surface area (Å²) in [5, 5.41) is 19.8. The zero-order chi connectivity index (χ0) is 19.7. The SMILES string of the molecule is COC(=O)C(Cc1cc2cc(C#N)ccc2[nH]1)c1cc2cc(C#N)ccc2o1. The van der Waals surface area contributed by atoms with Crippen molar-refractivity contribution in [2.24, 2.45) is 0 Å². The van der Waals surface area contributed by atoms with Crippen molar-refractivity contribution in [1.29, 1.82) is 10.5 Å². The number of aromatic amines is 1. The number of ether oxygens (including phenoxy) is 1. The molecule has 0 aliphatic heterocycles. The topological polar surface area (TPSA) is 103 Å². The number of methoxy groups -OCH3 is 1. The first-order valence-electron chi connectivity index (χ1n) is 8.64. The molecule has 1 N–H and O–H groups in total. The van der Waals surface area contributed by atoms with Gasteiger partial charge in [0.25, 0.3) is 0 Å². The van der Waals surface area contributed by atoms with Gasteiger partial charge in [0.2, 0.25) is 0 Å². The highest BCUT2D eigenvalue weighted by atomic mass is 16.5. The zero-order valence-electron chi connectivity index (χ0n) is 15.0. The van der Waals surface area contributed by atoms with Crippen molar-refractivity contribution >= 4 is 27.8 Å². The lowest BCUT2D eigenvalue weighted by Gasteiger charge is -2.11. The van der Waals surface area contributed by atoms with Crippen LogP contribution in [0.2, 0.25) is 0 Å². The maximum absolute atomic E-state index is 12.4. The van der Waals surface area contributed by atoms with Crippen LogP contribution in [0.3, 0.4) is 0 Å². The Balaban J connectivity index is 1.72. The van der Waals surface area contributed by atoms with Gasteiger partial charge in [-0.25, -0.2) is 0 Å². The molecule has 0 radical (unpaired) electrons. The molecule has 1 unspecified atom stereocenters. The number of nitrogens with one attached hydrogen (secondary N) is 1. The molecule has 0 amide bonds. The van der Waals surface area contributed by atoms with E-state index in [0.717, 1.165) is 22.0 Å². The summed E-state index contributed by atoms with van der Waals surface area (Å²) in [4.78, 5) is 15.7. The average Bonchev–Trinajstić information content (AvgIpc) is 3.33. The highest BCUT2D eigenvalue weighted by Crippen LogP contribution is 2.30. The van der Waals surface area contributed by atoms with Gasteiger partial charge in [-0.2, -0.15) is 10.5 Å². The molecule has 0 aliphatic rings. The number of nitrogens with zero attached hydrogens (tertiary/aromatic N) is 2. The molecule has 0 spiro atoms. The number of carbonyl (C=O) groups is 1. The van der Waals surface area contributed by atoms with E-state index >= 15 is 0 Å². The van der Waals surface area contributed by atoms with Crippen LogP contribution < -0.4 is 0 Å². The van der Waals surface area contributed by atoms with Gasteiger partial charge in [-0.3, -0.25) is 4.79 Å². The van der Waals surface area contributed by atoms with Crippen molar-refractivity contribution < 1.29 is 13.9 Å². The van der Waals surface area contributed by atoms with Crippen molar-refractivity contribution in [1.82, 2.24) is 4.98 Å². The number of aromatic nitrogens is 1. The maximum Gasteiger partial charge on any atom is 0.316 e. The van der Waals surface area contributed by atoms with Crippen molar-refractivity contribution in [3.8, 4) is 12.1 Å². The van der Waals surface area contributed by atoms with Crippen LogP contribution in [0.1, 0.15) is 28.5 Å². The predicted octanol–water partition coefficient (Wildman–Crippen LogP) is 4.16. The van der Waals surface area contributed by atoms with Crippen molar-refractivity contribution in [3.63, 3.8) is 0 Å². The van der Waals surface area contributed by atoms with Crippen LogP contribution >= 0.6 is 0 Å². The third-order valence-corrected chi connectivity index (χ3v) is 4.72. The molecule has 2 aromatic heterocycles. The fraction of sp³-hybridized carbons (Fsp3) is 0.136. The average molecular weight is 369 g/mol. The summed E-state index contributed by atoms with van der Waals surface area (Å²) in [6, 6.07) is 18.4. The zero-order valence-corrected chi connectivity index (χ0v) is 15.0. The first kappa shape index (κ1) is 17.4. The van der Waals surface area contributed by atoms with Crippen molar-refractivity contribution in [2.45, 2.75) is 12.3 Å². The summed E-state index contributed by atoms with van der Waals surface area (Å²) in [7, 11) is 1.34. The van der Waals surface area contributed by atoms with Gasteiger partial charge in [0.1, 0.15) is 17.3 Å². The number of carbonyl (C=O) groups excluding carboxylic acids is 1. The molecular formula is C22H15N3O3. The van der Waals surface area contributed by atoms with E-state index in [1.807, 2.05) is 12.1 Å². The van der Waals surface area contributed by atoms with Gasteiger partial charge >= 0.3 is 5.97 Å². The van der Waals surface area contributed by atoms with Crippen molar-refractivity contribution in [3.05, 3.63) is 71.1 Å². The number of fused-ring (bicyclic) bond motifs is 2. The number of H-pyrrole nitrogens is 1. The lowest BCUT2D eigenvalue weighted by Crippen LogP contribution is -2.16. The molecule has 0 saturated heterocycles. The van der Waals surface area contributed by atoms with E-state index < -0.39 is 11.9 Å². The van der Waals surface area contributed by atoms with Crippen LogP contribution in [0, 0.1) is 22.7 Å². The maximum atomic E-state index is 12.4. The highest BCUT2D eigenvalue weighted by molar-refractivity contribution is 5.85. The van der Waals surface area contributed by atoms with Crippen LogP contribution in [0.25, 0.3) is 21.9 Å². The third kappa shape index (κ3) is 3.08. The van der Waals surface area contributed by atoms with Gasteiger partial charge < -0.3 is 14.1 Å². The van der Waals surface area contributed by atoms with Crippen LogP contribution in [0.15, 0.2) is 52.9 Å². The van der Waals surface area contributed by atoms with Gasteiger partial charge in [-0.1, -0.05) is 0 Å². The summed E-state index contributed by atoms with van der Waals surface area (Å²) in [6.45, 7) is 0. The molecule has 28 heavy (non-hydrogen) atoms. The summed E-state index contributed by atoms with van der Waals surface area (Å²) < 4.78 is 10.9. The van der Waals surface area contributed by atoms with E-state index in [0.29, 0.717) is 28.9 Å². The highest BCUT2D eigenvalue weighted by Gasteiger charge is 2.26. The molecule has 2 aromatic carbocycles. The summed E-state index contributed by atoms with van der Waals surface area (Å²) in [5.41, 5.74) is 3.43. The van der Waals surface area contributed by atoms with Crippen LogP contribution in [-0.2, 0) is 16.0 Å². The molecule has 2 heterocycles. The van der Waals surface area contributed by atoms with Gasteiger partial charge in [0, 0.05) is 28.4 Å². The van der Waals surface area contributed by atoms with Gasteiger partial charge in [-0.05, 0) is 48.5 Å². The Bertz CT molecular complexity index is 1280. The minimum absolute atomic E-state index is 0.355. The largest absolute Gasteiger partial charge is 0.468 e. The Labute approximate surface area is 160 Å². The normalized spacial score (nSPS) is 11.8. The van der Waals surface area contributed by atoms with Crippen LogP contribution in [0.4, 0.5) is 0 Å². The number of nitriles is 2. The number of hydrogen-bond donors (Lipinski definition) is 1. The molecular weight excluding hydrogens is 354 g/mol. The number of rotatable bonds is 4. The Morgan fingerprint density at radius 1 is 1.07 bits per heavy atom. The second kappa shape index (κ2) is 6.94. The number of benzene rings is 2. The van der Waals surface area contributed by atoms with E-state index in [1.165, 1.54) is 7.11 Å². The second-order valence-corrected chi connectivity index (χ2v) is 6.50. The van der Waals surface area contributed by atoms with Gasteiger partial charge in [-0.15, -0.1) is 0 Å². The molecule has 136 valence electrons. The molecule has 1 atom stereocenters. The van der Waals surface area contributed by atoms with Crippen LogP contribution in [-0.4, -0.2) is 18.1 Å². The van der Waals surface area contributed by atoms with E-state index in [2.05, 4.69) is 17.1 Å². The Hall–Kier alpha value is -4.03. The molecule has 6 nitrogen and oxygen atoms in total. The van der Waals surface area contributed by atoms with E-state index in [4.69, 9.17) is 19.7 Å².